The predicted molar refractivity (Wildman–Crippen MR) is 114 cm³/mol. The number of ether oxygens (including phenoxy) is 1. The van der Waals surface area contributed by atoms with Crippen LogP contribution in [0.5, 0.6) is 0 Å². The van der Waals surface area contributed by atoms with Crippen molar-refractivity contribution in [2.24, 2.45) is 0 Å². The summed E-state index contributed by atoms with van der Waals surface area (Å²) in [6, 6.07) is 18.1. The van der Waals surface area contributed by atoms with Crippen molar-refractivity contribution in [3.63, 3.8) is 0 Å². The Hall–Kier alpha value is -3.67. The summed E-state index contributed by atoms with van der Waals surface area (Å²) in [6.07, 6.45) is 2.49. The zero-order valence-corrected chi connectivity index (χ0v) is 16.4. The van der Waals surface area contributed by atoms with E-state index < -0.39 is 5.97 Å². The normalized spacial score (nSPS) is 10.3. The van der Waals surface area contributed by atoms with E-state index in [2.05, 4.69) is 22.5 Å². The van der Waals surface area contributed by atoms with E-state index >= 15 is 0 Å². The lowest BCUT2D eigenvalue weighted by atomic mass is 10.1. The largest absolute Gasteiger partial charge is 0.462 e. The highest BCUT2D eigenvalue weighted by Crippen LogP contribution is 2.22. The number of pyridine rings is 1. The van der Waals surface area contributed by atoms with E-state index in [-0.39, 0.29) is 11.6 Å². The van der Waals surface area contributed by atoms with Crippen LogP contribution in [0.2, 0.25) is 0 Å². The van der Waals surface area contributed by atoms with Crippen molar-refractivity contribution in [3.8, 4) is 0 Å². The van der Waals surface area contributed by atoms with Crippen LogP contribution in [-0.2, 0) is 11.2 Å². The molecule has 1 heterocycles. The SMILES string of the molecule is CCOC(=O)c1ccccc1Nc1ccnc(C(=O)Nc2ccc(CC)cc2)c1. The van der Waals surface area contributed by atoms with E-state index in [1.807, 2.05) is 30.3 Å². The summed E-state index contributed by atoms with van der Waals surface area (Å²) in [5.74, 6) is -0.713. The fourth-order valence-electron chi connectivity index (χ4n) is 2.79. The molecule has 148 valence electrons. The summed E-state index contributed by atoms with van der Waals surface area (Å²) < 4.78 is 5.10. The molecule has 6 nitrogen and oxygen atoms in total. The molecule has 0 unspecified atom stereocenters. The Labute approximate surface area is 169 Å². The number of nitrogens with one attached hydrogen (secondary N) is 2. The van der Waals surface area contributed by atoms with E-state index in [9.17, 15) is 9.59 Å². The number of hydrogen-bond acceptors (Lipinski definition) is 5. The molecule has 0 radical (unpaired) electrons. The lowest BCUT2D eigenvalue weighted by Crippen LogP contribution is -2.14. The van der Waals surface area contributed by atoms with Gasteiger partial charge in [-0.05, 0) is 55.3 Å². The molecule has 6 heteroatoms. The van der Waals surface area contributed by atoms with E-state index in [1.165, 1.54) is 5.56 Å². The fourth-order valence-corrected chi connectivity index (χ4v) is 2.79. The molecule has 29 heavy (non-hydrogen) atoms. The number of nitrogens with zero attached hydrogens (tertiary/aromatic N) is 1. The Morgan fingerprint density at radius 1 is 0.966 bits per heavy atom. The number of carbonyl (C=O) groups excluding carboxylic acids is 2. The molecule has 0 saturated carbocycles. The average Bonchev–Trinajstić information content (AvgIpc) is 2.75. The van der Waals surface area contributed by atoms with Crippen LogP contribution < -0.4 is 10.6 Å². The molecule has 2 N–H and O–H groups in total. The zero-order chi connectivity index (χ0) is 20.6. The van der Waals surface area contributed by atoms with Gasteiger partial charge in [0.25, 0.3) is 5.91 Å². The first-order valence-corrected chi connectivity index (χ1v) is 9.50. The van der Waals surface area contributed by atoms with Gasteiger partial charge in [-0.25, -0.2) is 4.79 Å². The second-order valence-corrected chi connectivity index (χ2v) is 6.33. The molecule has 0 spiro atoms. The van der Waals surface area contributed by atoms with Gasteiger partial charge in [0, 0.05) is 17.6 Å². The molecular formula is C23H23N3O3. The lowest BCUT2D eigenvalue weighted by molar-refractivity contribution is 0.0527. The van der Waals surface area contributed by atoms with Gasteiger partial charge in [0.2, 0.25) is 0 Å². The number of anilines is 3. The third-order valence-electron chi connectivity index (χ3n) is 4.31. The van der Waals surface area contributed by atoms with Gasteiger partial charge in [0.05, 0.1) is 17.9 Å². The highest BCUT2D eigenvalue weighted by Gasteiger charge is 2.13. The first kappa shape index (κ1) is 20.1. The quantitative estimate of drug-likeness (QED) is 0.567. The number of amides is 1. The van der Waals surface area contributed by atoms with Crippen LogP contribution in [-0.4, -0.2) is 23.5 Å². The number of esters is 1. The van der Waals surface area contributed by atoms with Crippen LogP contribution in [0.15, 0.2) is 66.9 Å². The van der Waals surface area contributed by atoms with E-state index in [0.29, 0.717) is 29.2 Å². The molecule has 0 aliphatic heterocycles. The lowest BCUT2D eigenvalue weighted by Gasteiger charge is -2.12. The van der Waals surface area contributed by atoms with E-state index in [1.54, 1.807) is 43.5 Å². The zero-order valence-electron chi connectivity index (χ0n) is 16.4. The van der Waals surface area contributed by atoms with Gasteiger partial charge in [0.15, 0.2) is 0 Å². The molecule has 0 aliphatic carbocycles. The maximum Gasteiger partial charge on any atom is 0.340 e. The van der Waals surface area contributed by atoms with Crippen molar-refractivity contribution in [2.75, 3.05) is 17.2 Å². The molecule has 2 aromatic carbocycles. The Kier molecular flexibility index (Phi) is 6.58. The summed E-state index contributed by atoms with van der Waals surface area (Å²) in [4.78, 5) is 28.9. The van der Waals surface area contributed by atoms with Crippen molar-refractivity contribution in [3.05, 3.63) is 83.7 Å². The van der Waals surface area contributed by atoms with Crippen LogP contribution >= 0.6 is 0 Å². The fraction of sp³-hybridized carbons (Fsp3) is 0.174. The summed E-state index contributed by atoms with van der Waals surface area (Å²) in [5.41, 5.74) is 3.84. The molecule has 1 aromatic heterocycles. The van der Waals surface area contributed by atoms with Gasteiger partial charge in [-0.2, -0.15) is 0 Å². The average molecular weight is 389 g/mol. The third-order valence-corrected chi connectivity index (χ3v) is 4.31. The summed E-state index contributed by atoms with van der Waals surface area (Å²) in [6.45, 7) is 4.14. The number of aromatic nitrogens is 1. The maximum absolute atomic E-state index is 12.6. The highest BCUT2D eigenvalue weighted by atomic mass is 16.5. The second-order valence-electron chi connectivity index (χ2n) is 6.33. The number of aryl methyl sites for hydroxylation is 1. The second kappa shape index (κ2) is 9.50. The molecule has 3 rings (SSSR count). The minimum absolute atomic E-state index is 0.267. The molecule has 0 fully saturated rings. The van der Waals surface area contributed by atoms with Crippen molar-refractivity contribution >= 4 is 28.9 Å². The Morgan fingerprint density at radius 3 is 2.45 bits per heavy atom. The van der Waals surface area contributed by atoms with Gasteiger partial charge in [-0.15, -0.1) is 0 Å². The van der Waals surface area contributed by atoms with Crippen LogP contribution in [0.25, 0.3) is 0 Å². The monoisotopic (exact) mass is 389 g/mol. The van der Waals surface area contributed by atoms with Gasteiger partial charge in [-0.3, -0.25) is 9.78 Å². The molecule has 0 saturated heterocycles. The standard InChI is InChI=1S/C23H23N3O3/c1-3-16-9-11-17(12-10-16)26-22(27)21-15-18(13-14-24-21)25-20-8-6-5-7-19(20)23(28)29-4-2/h5-15H,3-4H2,1-2H3,(H,24,25)(H,26,27). The molecule has 3 aromatic rings. The van der Waals surface area contributed by atoms with Gasteiger partial charge < -0.3 is 15.4 Å². The van der Waals surface area contributed by atoms with Crippen LogP contribution in [0, 0.1) is 0 Å². The Bertz CT molecular complexity index is 1000. The van der Waals surface area contributed by atoms with E-state index in [0.717, 1.165) is 6.42 Å². The summed E-state index contributed by atoms with van der Waals surface area (Å²) in [5, 5.41) is 6.01. The topological polar surface area (TPSA) is 80.3 Å². The molecule has 0 atom stereocenters. The van der Waals surface area contributed by atoms with Crippen LogP contribution in [0.4, 0.5) is 17.1 Å². The Morgan fingerprint density at radius 2 is 1.72 bits per heavy atom. The van der Waals surface area contributed by atoms with Crippen LogP contribution in [0.3, 0.4) is 0 Å². The number of carbonyl (C=O) groups is 2. The molecule has 0 aliphatic rings. The first-order chi connectivity index (χ1) is 14.1. The van der Waals surface area contributed by atoms with Crippen molar-refractivity contribution in [1.29, 1.82) is 0 Å². The molecule has 0 bridgehead atoms. The van der Waals surface area contributed by atoms with Gasteiger partial charge in [-0.1, -0.05) is 31.2 Å². The van der Waals surface area contributed by atoms with Crippen molar-refractivity contribution in [2.45, 2.75) is 20.3 Å². The number of para-hydroxylation sites is 1. The summed E-state index contributed by atoms with van der Waals surface area (Å²) >= 11 is 0. The molecule has 1 amide bonds. The van der Waals surface area contributed by atoms with Gasteiger partial charge >= 0.3 is 5.97 Å². The Balaban J connectivity index is 1.76. The van der Waals surface area contributed by atoms with Crippen LogP contribution in [0.1, 0.15) is 40.3 Å². The number of benzene rings is 2. The van der Waals surface area contributed by atoms with Crippen molar-refractivity contribution in [1.82, 2.24) is 4.98 Å². The number of hydrogen-bond donors (Lipinski definition) is 2. The minimum atomic E-state index is -0.404. The molecular weight excluding hydrogens is 366 g/mol. The maximum atomic E-state index is 12.6. The predicted octanol–water partition coefficient (Wildman–Crippen LogP) is 4.82. The number of rotatable bonds is 7. The van der Waals surface area contributed by atoms with E-state index in [4.69, 9.17) is 4.74 Å². The highest BCUT2D eigenvalue weighted by molar-refractivity contribution is 6.03. The smallest absolute Gasteiger partial charge is 0.340 e. The third kappa shape index (κ3) is 5.19. The first-order valence-electron chi connectivity index (χ1n) is 9.50. The van der Waals surface area contributed by atoms with Gasteiger partial charge in [0.1, 0.15) is 5.69 Å². The van der Waals surface area contributed by atoms with Crippen molar-refractivity contribution < 1.29 is 14.3 Å². The minimum Gasteiger partial charge on any atom is -0.462 e. The summed E-state index contributed by atoms with van der Waals surface area (Å²) in [7, 11) is 0.